The van der Waals surface area contributed by atoms with Crippen LogP contribution in [-0.4, -0.2) is 75.0 Å². The first kappa shape index (κ1) is 25.9. The van der Waals surface area contributed by atoms with Gasteiger partial charge in [0, 0.05) is 44.1 Å². The summed E-state index contributed by atoms with van der Waals surface area (Å²) in [4.78, 5) is 21.7. The van der Waals surface area contributed by atoms with Crippen LogP contribution in [0.1, 0.15) is 83.5 Å². The Bertz CT molecular complexity index is 691. The van der Waals surface area contributed by atoms with Crippen LogP contribution in [0.2, 0.25) is 0 Å². The van der Waals surface area contributed by atoms with Gasteiger partial charge in [-0.05, 0) is 82.7 Å². The van der Waals surface area contributed by atoms with Gasteiger partial charge in [0.15, 0.2) is 0 Å². The van der Waals surface area contributed by atoms with Crippen LogP contribution in [0.15, 0.2) is 0 Å². The molecule has 1 amide bonds. The molecule has 6 heteroatoms. The maximum atomic E-state index is 13.5. The predicted octanol–water partition coefficient (Wildman–Crippen LogP) is 4.49. The van der Waals surface area contributed by atoms with E-state index in [0.717, 1.165) is 50.8 Å². The number of amides is 1. The van der Waals surface area contributed by atoms with E-state index in [-0.39, 0.29) is 12.0 Å². The third-order valence-electron chi connectivity index (χ3n) is 10.4. The maximum absolute atomic E-state index is 13.5. The Labute approximate surface area is 213 Å². The van der Waals surface area contributed by atoms with Crippen molar-refractivity contribution in [1.82, 2.24) is 15.3 Å². The third-order valence-corrected chi connectivity index (χ3v) is 10.4. The Morgan fingerprint density at radius 1 is 0.943 bits per heavy atom. The highest BCUT2D eigenvalue weighted by atomic mass is 16.7. The van der Waals surface area contributed by atoms with E-state index in [2.05, 4.69) is 29.4 Å². The van der Waals surface area contributed by atoms with Crippen molar-refractivity contribution in [3.05, 3.63) is 0 Å². The second kappa shape index (κ2) is 11.8. The van der Waals surface area contributed by atoms with Crippen molar-refractivity contribution in [2.45, 2.75) is 102 Å². The Kier molecular flexibility index (Phi) is 8.74. The van der Waals surface area contributed by atoms with Crippen molar-refractivity contribution in [3.8, 4) is 0 Å². The van der Waals surface area contributed by atoms with Gasteiger partial charge in [0.25, 0.3) is 0 Å². The fourth-order valence-corrected chi connectivity index (χ4v) is 8.35. The van der Waals surface area contributed by atoms with Gasteiger partial charge in [-0.2, -0.15) is 5.06 Å². The zero-order valence-electron chi connectivity index (χ0n) is 22.6. The minimum atomic E-state index is 0.147. The lowest BCUT2D eigenvalue weighted by molar-refractivity contribution is -0.145. The SMILES string of the molecule is COC1C(CN2CCCO2)CCCC1C1CC(C(=O)NC2CC2C2CCCCC2)CC(N(C)C)C1. The minimum absolute atomic E-state index is 0.147. The molecule has 35 heavy (non-hydrogen) atoms. The molecule has 4 aliphatic carbocycles. The van der Waals surface area contributed by atoms with Crippen LogP contribution in [-0.2, 0) is 14.4 Å². The van der Waals surface area contributed by atoms with Crippen LogP contribution in [0.3, 0.4) is 0 Å². The second-order valence-electron chi connectivity index (χ2n) is 12.8. The molecule has 0 aromatic heterocycles. The fourth-order valence-electron chi connectivity index (χ4n) is 8.35. The van der Waals surface area contributed by atoms with E-state index in [0.29, 0.717) is 35.7 Å². The summed E-state index contributed by atoms with van der Waals surface area (Å²) in [7, 11) is 6.31. The Hall–Kier alpha value is -0.690. The number of rotatable bonds is 8. The highest BCUT2D eigenvalue weighted by molar-refractivity contribution is 5.79. The first-order chi connectivity index (χ1) is 17.0. The van der Waals surface area contributed by atoms with Gasteiger partial charge in [0.1, 0.15) is 0 Å². The summed E-state index contributed by atoms with van der Waals surface area (Å²) in [5.41, 5.74) is 0. The van der Waals surface area contributed by atoms with Gasteiger partial charge in [-0.3, -0.25) is 9.63 Å². The number of hydrogen-bond donors (Lipinski definition) is 1. The fraction of sp³-hybridized carbons (Fsp3) is 0.966. The van der Waals surface area contributed by atoms with Crippen molar-refractivity contribution in [2.75, 3.05) is 40.9 Å². The molecule has 5 aliphatic rings. The molecule has 1 aliphatic heterocycles. The van der Waals surface area contributed by atoms with Crippen molar-refractivity contribution in [1.29, 1.82) is 0 Å². The van der Waals surface area contributed by atoms with E-state index >= 15 is 0 Å². The van der Waals surface area contributed by atoms with E-state index in [1.807, 2.05) is 7.11 Å². The summed E-state index contributed by atoms with van der Waals surface area (Å²) in [6, 6.07) is 0.938. The van der Waals surface area contributed by atoms with Gasteiger partial charge in [0.05, 0.1) is 12.7 Å². The van der Waals surface area contributed by atoms with Crippen molar-refractivity contribution in [2.24, 2.45) is 35.5 Å². The number of carbonyl (C=O) groups is 1. The van der Waals surface area contributed by atoms with E-state index in [1.54, 1.807) is 0 Å². The van der Waals surface area contributed by atoms with Crippen molar-refractivity contribution >= 4 is 5.91 Å². The number of ether oxygens (including phenoxy) is 1. The highest BCUT2D eigenvalue weighted by Gasteiger charge is 2.47. The van der Waals surface area contributed by atoms with E-state index < -0.39 is 0 Å². The van der Waals surface area contributed by atoms with Gasteiger partial charge in [-0.25, -0.2) is 0 Å². The summed E-state index contributed by atoms with van der Waals surface area (Å²) in [6.45, 7) is 2.91. The largest absolute Gasteiger partial charge is 0.381 e. The molecule has 8 unspecified atom stereocenters. The molecule has 4 saturated carbocycles. The molecule has 0 aromatic carbocycles. The zero-order valence-corrected chi connectivity index (χ0v) is 22.6. The van der Waals surface area contributed by atoms with Gasteiger partial charge in [-0.1, -0.05) is 38.5 Å². The lowest BCUT2D eigenvalue weighted by Gasteiger charge is -2.46. The smallest absolute Gasteiger partial charge is 0.223 e. The molecular formula is C29H51N3O3. The molecule has 0 aromatic rings. The molecule has 8 atom stereocenters. The van der Waals surface area contributed by atoms with Gasteiger partial charge >= 0.3 is 0 Å². The van der Waals surface area contributed by atoms with Crippen LogP contribution in [0.25, 0.3) is 0 Å². The zero-order chi connectivity index (χ0) is 24.4. The molecule has 1 saturated heterocycles. The Morgan fingerprint density at radius 2 is 1.77 bits per heavy atom. The number of hydrogen-bond acceptors (Lipinski definition) is 5. The molecule has 0 spiro atoms. The monoisotopic (exact) mass is 489 g/mol. The molecule has 5 rings (SSSR count). The van der Waals surface area contributed by atoms with Crippen LogP contribution in [0.4, 0.5) is 0 Å². The predicted molar refractivity (Wildman–Crippen MR) is 139 cm³/mol. The molecule has 200 valence electrons. The van der Waals surface area contributed by atoms with Gasteiger partial charge in [-0.15, -0.1) is 0 Å². The standard InChI is InChI=1S/C29H51N3O3/c1-31(2)24-16-22(25-12-7-11-21(28(25)34-3)19-32-13-8-14-35-32)15-23(17-24)29(33)30-27-18-26(27)20-9-5-4-6-10-20/h20-28H,4-19H2,1-3H3,(H,30,33). The number of hydroxylamine groups is 2. The Morgan fingerprint density at radius 3 is 2.49 bits per heavy atom. The Balaban J connectivity index is 1.21. The minimum Gasteiger partial charge on any atom is -0.381 e. The number of methoxy groups -OCH3 is 1. The second-order valence-corrected chi connectivity index (χ2v) is 12.8. The first-order valence-electron chi connectivity index (χ1n) is 14.9. The lowest BCUT2D eigenvalue weighted by Crippen LogP contribution is -2.49. The third kappa shape index (κ3) is 6.25. The van der Waals surface area contributed by atoms with Crippen LogP contribution < -0.4 is 5.32 Å². The lowest BCUT2D eigenvalue weighted by atomic mass is 9.65. The molecule has 1 N–H and O–H groups in total. The van der Waals surface area contributed by atoms with E-state index in [4.69, 9.17) is 9.57 Å². The van der Waals surface area contributed by atoms with Crippen LogP contribution in [0.5, 0.6) is 0 Å². The van der Waals surface area contributed by atoms with Gasteiger partial charge in [0.2, 0.25) is 5.91 Å². The molecular weight excluding hydrogens is 438 g/mol. The summed E-state index contributed by atoms with van der Waals surface area (Å²) in [6.07, 6.45) is 16.6. The number of carbonyl (C=O) groups excluding carboxylic acids is 1. The topological polar surface area (TPSA) is 54.0 Å². The summed E-state index contributed by atoms with van der Waals surface area (Å²) in [5.74, 6) is 3.76. The summed E-state index contributed by atoms with van der Waals surface area (Å²) >= 11 is 0. The normalized spacial score (nSPS) is 41.3. The molecule has 0 radical (unpaired) electrons. The quantitative estimate of drug-likeness (QED) is 0.545. The molecule has 6 nitrogen and oxygen atoms in total. The molecule has 0 bridgehead atoms. The maximum Gasteiger partial charge on any atom is 0.223 e. The van der Waals surface area contributed by atoms with Gasteiger partial charge < -0.3 is 15.0 Å². The summed E-state index contributed by atoms with van der Waals surface area (Å²) < 4.78 is 6.23. The summed E-state index contributed by atoms with van der Waals surface area (Å²) in [5, 5.41) is 5.70. The van der Waals surface area contributed by atoms with E-state index in [9.17, 15) is 4.79 Å². The highest BCUT2D eigenvalue weighted by Crippen LogP contribution is 2.46. The number of nitrogens with one attached hydrogen (secondary N) is 1. The average molecular weight is 490 g/mol. The molecule has 1 heterocycles. The van der Waals surface area contributed by atoms with Crippen LogP contribution in [0, 0.1) is 35.5 Å². The first-order valence-corrected chi connectivity index (χ1v) is 14.9. The van der Waals surface area contributed by atoms with Crippen molar-refractivity contribution < 1.29 is 14.4 Å². The van der Waals surface area contributed by atoms with Crippen LogP contribution >= 0.6 is 0 Å². The average Bonchev–Trinajstić information content (AvgIpc) is 3.45. The number of nitrogens with zero attached hydrogens (tertiary/aromatic N) is 2. The molecule has 5 fully saturated rings. The van der Waals surface area contributed by atoms with E-state index in [1.165, 1.54) is 64.2 Å². The van der Waals surface area contributed by atoms with Crippen molar-refractivity contribution in [3.63, 3.8) is 0 Å².